The van der Waals surface area contributed by atoms with Crippen LogP contribution >= 0.6 is 0 Å². The van der Waals surface area contributed by atoms with Crippen LogP contribution in [0.15, 0.2) is 10.9 Å². The predicted molar refractivity (Wildman–Crippen MR) is 63.5 cm³/mol. The number of aromatic nitrogens is 2. The Morgan fingerprint density at radius 1 is 1.44 bits per heavy atom. The first kappa shape index (κ1) is 13.9. The molecular weight excluding hydrogens is 238 g/mol. The van der Waals surface area contributed by atoms with Crippen LogP contribution in [-0.2, 0) is 11.3 Å². The van der Waals surface area contributed by atoms with E-state index in [4.69, 9.17) is 5.11 Å². The zero-order chi connectivity index (χ0) is 13.9. The fourth-order valence-corrected chi connectivity index (χ4v) is 1.40. The number of amides is 1. The minimum atomic E-state index is -1.29. The molecule has 0 radical (unpaired) electrons. The van der Waals surface area contributed by atoms with Gasteiger partial charge in [0.25, 0.3) is 5.56 Å². The van der Waals surface area contributed by atoms with E-state index in [0.29, 0.717) is 5.69 Å². The minimum Gasteiger partial charge on any atom is -0.477 e. The highest BCUT2D eigenvalue weighted by atomic mass is 16.4. The highest BCUT2D eigenvalue weighted by Crippen LogP contribution is 1.97. The lowest BCUT2D eigenvalue weighted by Crippen LogP contribution is -2.31. The van der Waals surface area contributed by atoms with Gasteiger partial charge in [-0.2, -0.15) is 5.10 Å². The fraction of sp³-hybridized carbons (Fsp3) is 0.455. The van der Waals surface area contributed by atoms with Crippen LogP contribution in [0, 0.1) is 6.92 Å². The van der Waals surface area contributed by atoms with Gasteiger partial charge in [-0.1, -0.05) is 0 Å². The minimum absolute atomic E-state index is 0.0673. The molecule has 0 spiro atoms. The van der Waals surface area contributed by atoms with E-state index >= 15 is 0 Å². The third-order valence-electron chi connectivity index (χ3n) is 2.36. The van der Waals surface area contributed by atoms with Crippen molar-refractivity contribution in [2.45, 2.75) is 19.9 Å². The molecule has 1 aromatic rings. The summed E-state index contributed by atoms with van der Waals surface area (Å²) in [6.45, 7) is 1.66. The second-order valence-electron chi connectivity index (χ2n) is 4.07. The number of carboxylic acids is 1. The van der Waals surface area contributed by atoms with Crippen molar-refractivity contribution in [1.82, 2.24) is 14.7 Å². The molecule has 18 heavy (non-hydrogen) atoms. The topological polar surface area (TPSA) is 92.5 Å². The van der Waals surface area contributed by atoms with E-state index in [1.807, 2.05) is 0 Å². The number of carbonyl (C=O) groups excluding carboxylic acids is 1. The molecule has 0 aromatic carbocycles. The molecule has 0 saturated heterocycles. The summed E-state index contributed by atoms with van der Waals surface area (Å²) in [5.74, 6) is -1.44. The highest BCUT2D eigenvalue weighted by molar-refractivity contribution is 5.87. The molecular formula is C11H15N3O4. The molecule has 0 aliphatic heterocycles. The second kappa shape index (κ2) is 5.44. The Morgan fingerprint density at radius 2 is 2.06 bits per heavy atom. The fourth-order valence-electron chi connectivity index (χ4n) is 1.40. The van der Waals surface area contributed by atoms with Gasteiger partial charge in [0.15, 0.2) is 0 Å². The van der Waals surface area contributed by atoms with Gasteiger partial charge < -0.3 is 10.0 Å². The largest absolute Gasteiger partial charge is 0.477 e. The Hall–Kier alpha value is -2.18. The first-order chi connectivity index (χ1) is 8.32. The summed E-state index contributed by atoms with van der Waals surface area (Å²) in [7, 11) is 3.22. The highest BCUT2D eigenvalue weighted by Gasteiger charge is 2.14. The molecule has 7 heteroatoms. The molecule has 0 fully saturated rings. The summed E-state index contributed by atoms with van der Waals surface area (Å²) in [6.07, 6.45) is 0.0996. The lowest BCUT2D eigenvalue weighted by Gasteiger charge is -2.11. The van der Waals surface area contributed by atoms with Gasteiger partial charge in [0.2, 0.25) is 5.91 Å². The number of hydrogen-bond donors (Lipinski definition) is 1. The number of aromatic carboxylic acids is 1. The van der Waals surface area contributed by atoms with Gasteiger partial charge >= 0.3 is 5.97 Å². The number of aryl methyl sites for hydroxylation is 2. The van der Waals surface area contributed by atoms with Gasteiger partial charge in [-0.25, -0.2) is 9.48 Å². The van der Waals surface area contributed by atoms with E-state index in [1.165, 1.54) is 11.0 Å². The van der Waals surface area contributed by atoms with Crippen LogP contribution in [0.1, 0.15) is 22.5 Å². The van der Waals surface area contributed by atoms with Crippen molar-refractivity contribution in [3.8, 4) is 0 Å². The number of carboxylic acid groups (broad SMARTS) is 1. The average Bonchev–Trinajstić information content (AvgIpc) is 2.28. The molecule has 1 rings (SSSR count). The first-order valence-electron chi connectivity index (χ1n) is 5.35. The van der Waals surface area contributed by atoms with Crippen molar-refractivity contribution in [3.63, 3.8) is 0 Å². The van der Waals surface area contributed by atoms with Gasteiger partial charge in [-0.15, -0.1) is 0 Å². The van der Waals surface area contributed by atoms with Crippen LogP contribution in [-0.4, -0.2) is 45.8 Å². The van der Waals surface area contributed by atoms with Gasteiger partial charge in [0, 0.05) is 20.5 Å². The van der Waals surface area contributed by atoms with Crippen LogP contribution in [0.4, 0.5) is 0 Å². The maximum atomic E-state index is 11.7. The van der Waals surface area contributed by atoms with E-state index in [1.54, 1.807) is 21.0 Å². The van der Waals surface area contributed by atoms with Crippen LogP contribution in [0.5, 0.6) is 0 Å². The smallest absolute Gasteiger partial charge is 0.341 e. The number of nitrogens with zero attached hydrogens (tertiary/aromatic N) is 3. The standard InChI is InChI=1S/C11H15N3O4/c1-7-6-8(11(17)18)10(16)14(12-7)5-4-9(15)13(2)3/h6H,4-5H2,1-3H3,(H,17,18). The molecule has 1 heterocycles. The van der Waals surface area contributed by atoms with Crippen LogP contribution in [0.2, 0.25) is 0 Å². The number of rotatable bonds is 4. The Morgan fingerprint density at radius 3 is 2.56 bits per heavy atom. The van der Waals surface area contributed by atoms with Crippen molar-refractivity contribution in [3.05, 3.63) is 27.7 Å². The SMILES string of the molecule is Cc1cc(C(=O)O)c(=O)n(CCC(=O)N(C)C)n1. The number of hydrogen-bond acceptors (Lipinski definition) is 4. The molecule has 98 valence electrons. The normalized spacial score (nSPS) is 10.2. The zero-order valence-corrected chi connectivity index (χ0v) is 10.5. The molecule has 0 saturated carbocycles. The molecule has 0 bridgehead atoms. The third kappa shape index (κ3) is 3.16. The van der Waals surface area contributed by atoms with Crippen molar-refractivity contribution in [2.75, 3.05) is 14.1 Å². The maximum absolute atomic E-state index is 11.7. The summed E-state index contributed by atoms with van der Waals surface area (Å²) in [4.78, 5) is 35.4. The lowest BCUT2D eigenvalue weighted by molar-refractivity contribution is -0.128. The Bertz CT molecular complexity index is 534. The van der Waals surface area contributed by atoms with Gasteiger partial charge in [0.1, 0.15) is 5.56 Å². The quantitative estimate of drug-likeness (QED) is 0.797. The molecule has 0 aliphatic rings. The lowest BCUT2D eigenvalue weighted by atomic mass is 10.2. The third-order valence-corrected chi connectivity index (χ3v) is 2.36. The van der Waals surface area contributed by atoms with Crippen molar-refractivity contribution >= 4 is 11.9 Å². The molecule has 7 nitrogen and oxygen atoms in total. The van der Waals surface area contributed by atoms with E-state index in [9.17, 15) is 14.4 Å². The van der Waals surface area contributed by atoms with E-state index in [0.717, 1.165) is 4.68 Å². The van der Waals surface area contributed by atoms with E-state index in [-0.39, 0.29) is 24.4 Å². The molecule has 0 aliphatic carbocycles. The first-order valence-corrected chi connectivity index (χ1v) is 5.35. The van der Waals surface area contributed by atoms with Crippen LogP contribution < -0.4 is 5.56 Å². The van der Waals surface area contributed by atoms with E-state index in [2.05, 4.69) is 5.10 Å². The average molecular weight is 253 g/mol. The molecule has 0 atom stereocenters. The molecule has 0 unspecified atom stereocenters. The monoisotopic (exact) mass is 253 g/mol. The summed E-state index contributed by atoms with van der Waals surface area (Å²) in [6, 6.07) is 1.22. The van der Waals surface area contributed by atoms with Crippen molar-refractivity contribution in [2.24, 2.45) is 0 Å². The van der Waals surface area contributed by atoms with E-state index < -0.39 is 11.5 Å². The predicted octanol–water partition coefficient (Wildman–Crippen LogP) is -0.272. The van der Waals surface area contributed by atoms with Crippen molar-refractivity contribution < 1.29 is 14.7 Å². The molecule has 1 aromatic heterocycles. The van der Waals surface area contributed by atoms with Gasteiger partial charge in [0.05, 0.1) is 12.2 Å². The second-order valence-corrected chi connectivity index (χ2v) is 4.07. The van der Waals surface area contributed by atoms with Crippen LogP contribution in [0.25, 0.3) is 0 Å². The van der Waals surface area contributed by atoms with Gasteiger partial charge in [-0.05, 0) is 13.0 Å². The number of carbonyl (C=O) groups is 2. The molecule has 1 N–H and O–H groups in total. The summed E-state index contributed by atoms with van der Waals surface area (Å²) in [5, 5.41) is 12.8. The Balaban J connectivity index is 3.00. The van der Waals surface area contributed by atoms with Gasteiger partial charge in [-0.3, -0.25) is 9.59 Å². The Labute approximate surface area is 104 Å². The summed E-state index contributed by atoms with van der Waals surface area (Å²) >= 11 is 0. The molecule has 1 amide bonds. The zero-order valence-electron chi connectivity index (χ0n) is 10.5. The maximum Gasteiger partial charge on any atom is 0.341 e. The summed E-state index contributed by atoms with van der Waals surface area (Å²) < 4.78 is 1.01. The summed E-state index contributed by atoms with van der Waals surface area (Å²) in [5.41, 5.74) is -0.608. The van der Waals surface area contributed by atoms with Crippen LogP contribution in [0.3, 0.4) is 0 Å². The Kier molecular flexibility index (Phi) is 4.19. The van der Waals surface area contributed by atoms with Crippen molar-refractivity contribution in [1.29, 1.82) is 0 Å².